The molecule has 0 spiro atoms. The second-order valence-corrected chi connectivity index (χ2v) is 4.18. The Morgan fingerprint density at radius 2 is 1.65 bits per heavy atom. The number of hydrogen-bond acceptors (Lipinski definition) is 3. The van der Waals surface area contributed by atoms with E-state index < -0.39 is 11.6 Å². The molecule has 5 heteroatoms. The molecule has 0 bridgehead atoms. The van der Waals surface area contributed by atoms with E-state index in [4.69, 9.17) is 4.42 Å². The molecule has 0 fully saturated rings. The minimum absolute atomic E-state index is 0.175. The lowest BCUT2D eigenvalue weighted by Gasteiger charge is -2.02. The zero-order valence-electron chi connectivity index (χ0n) is 10.3. The van der Waals surface area contributed by atoms with Gasteiger partial charge in [-0.2, -0.15) is 0 Å². The van der Waals surface area contributed by atoms with Gasteiger partial charge in [0.25, 0.3) is 6.01 Å². The minimum atomic E-state index is -0.665. The monoisotopic (exact) mass is 272 g/mol. The van der Waals surface area contributed by atoms with Crippen LogP contribution in [-0.2, 0) is 0 Å². The van der Waals surface area contributed by atoms with E-state index in [2.05, 4.69) is 10.3 Å². The standard InChI is InChI=1S/C15H10F2N2O/c16-11-6-12(17)8-13(7-11)19-15-18-9-14(20-15)10-4-2-1-3-5-10/h1-9H,(H,18,19). The molecule has 1 N–H and O–H groups in total. The van der Waals surface area contributed by atoms with Gasteiger partial charge in [0.1, 0.15) is 11.6 Å². The molecule has 0 unspecified atom stereocenters. The molecule has 100 valence electrons. The molecular weight excluding hydrogens is 262 g/mol. The molecule has 0 aliphatic heterocycles. The third-order valence-corrected chi connectivity index (χ3v) is 2.68. The van der Waals surface area contributed by atoms with Crippen LogP contribution >= 0.6 is 0 Å². The van der Waals surface area contributed by atoms with Crippen molar-refractivity contribution in [3.8, 4) is 11.3 Å². The molecule has 0 aliphatic carbocycles. The number of nitrogens with zero attached hydrogens (tertiary/aromatic N) is 1. The first-order valence-electron chi connectivity index (χ1n) is 5.95. The summed E-state index contributed by atoms with van der Waals surface area (Å²) >= 11 is 0. The molecule has 0 saturated carbocycles. The Balaban J connectivity index is 1.84. The molecule has 20 heavy (non-hydrogen) atoms. The predicted molar refractivity (Wildman–Crippen MR) is 71.6 cm³/mol. The summed E-state index contributed by atoms with van der Waals surface area (Å²) in [4.78, 5) is 4.02. The molecule has 3 aromatic rings. The fourth-order valence-corrected chi connectivity index (χ4v) is 1.82. The maximum atomic E-state index is 13.1. The third-order valence-electron chi connectivity index (χ3n) is 2.68. The minimum Gasteiger partial charge on any atom is -0.423 e. The lowest BCUT2D eigenvalue weighted by molar-refractivity contribution is 0.581. The van der Waals surface area contributed by atoms with Crippen LogP contribution in [0.2, 0.25) is 0 Å². The number of anilines is 2. The van der Waals surface area contributed by atoms with Crippen molar-refractivity contribution in [2.24, 2.45) is 0 Å². The first-order valence-corrected chi connectivity index (χ1v) is 5.95. The van der Waals surface area contributed by atoms with Crippen LogP contribution in [0.5, 0.6) is 0 Å². The molecule has 1 heterocycles. The molecule has 3 nitrogen and oxygen atoms in total. The summed E-state index contributed by atoms with van der Waals surface area (Å²) < 4.78 is 31.6. The molecule has 0 amide bonds. The molecule has 3 rings (SSSR count). The Labute approximate surface area is 113 Å². The lowest BCUT2D eigenvalue weighted by Crippen LogP contribution is -1.92. The van der Waals surface area contributed by atoms with Crippen LogP contribution in [0.4, 0.5) is 20.5 Å². The van der Waals surface area contributed by atoms with Crippen LogP contribution < -0.4 is 5.32 Å². The number of halogens is 2. The van der Waals surface area contributed by atoms with E-state index in [0.717, 1.165) is 23.8 Å². The van der Waals surface area contributed by atoms with Crippen LogP contribution in [0.1, 0.15) is 0 Å². The number of aromatic nitrogens is 1. The molecule has 0 aliphatic rings. The quantitative estimate of drug-likeness (QED) is 0.769. The van der Waals surface area contributed by atoms with E-state index in [1.165, 1.54) is 0 Å². The number of oxazole rings is 1. The van der Waals surface area contributed by atoms with Gasteiger partial charge in [-0.3, -0.25) is 0 Å². The normalized spacial score (nSPS) is 10.5. The number of benzene rings is 2. The SMILES string of the molecule is Fc1cc(F)cc(Nc2ncc(-c3ccccc3)o2)c1. The van der Waals surface area contributed by atoms with Crippen molar-refractivity contribution >= 4 is 11.7 Å². The van der Waals surface area contributed by atoms with Crippen molar-refractivity contribution in [2.75, 3.05) is 5.32 Å². The largest absolute Gasteiger partial charge is 0.423 e. The summed E-state index contributed by atoms with van der Waals surface area (Å²) in [5, 5.41) is 2.72. The van der Waals surface area contributed by atoms with E-state index >= 15 is 0 Å². The summed E-state index contributed by atoms with van der Waals surface area (Å²) in [6.45, 7) is 0. The van der Waals surface area contributed by atoms with Crippen molar-refractivity contribution in [1.29, 1.82) is 0 Å². The zero-order chi connectivity index (χ0) is 13.9. The fraction of sp³-hybridized carbons (Fsp3) is 0. The first kappa shape index (κ1) is 12.3. The molecule has 1 aromatic heterocycles. The Bertz CT molecular complexity index is 705. The highest BCUT2D eigenvalue weighted by Crippen LogP contribution is 2.24. The highest BCUT2D eigenvalue weighted by Gasteiger charge is 2.07. The van der Waals surface area contributed by atoms with Gasteiger partial charge in [-0.05, 0) is 12.1 Å². The molecule has 0 saturated heterocycles. The highest BCUT2D eigenvalue weighted by molar-refractivity contribution is 5.59. The summed E-state index contributed by atoms with van der Waals surface area (Å²) in [7, 11) is 0. The summed E-state index contributed by atoms with van der Waals surface area (Å²) in [6.07, 6.45) is 1.55. The summed E-state index contributed by atoms with van der Waals surface area (Å²) in [5.41, 5.74) is 1.11. The van der Waals surface area contributed by atoms with Gasteiger partial charge >= 0.3 is 0 Å². The van der Waals surface area contributed by atoms with Gasteiger partial charge in [0.05, 0.1) is 6.20 Å². The van der Waals surface area contributed by atoms with Gasteiger partial charge in [0.15, 0.2) is 5.76 Å². The zero-order valence-corrected chi connectivity index (χ0v) is 10.3. The Kier molecular flexibility index (Phi) is 3.16. The van der Waals surface area contributed by atoms with E-state index in [1.807, 2.05) is 30.3 Å². The van der Waals surface area contributed by atoms with Crippen LogP contribution in [0, 0.1) is 11.6 Å². The van der Waals surface area contributed by atoms with E-state index in [0.29, 0.717) is 5.76 Å². The maximum absolute atomic E-state index is 13.1. The number of hydrogen-bond donors (Lipinski definition) is 1. The predicted octanol–water partition coefficient (Wildman–Crippen LogP) is 4.36. The van der Waals surface area contributed by atoms with E-state index in [9.17, 15) is 8.78 Å². The van der Waals surface area contributed by atoms with Gasteiger partial charge < -0.3 is 9.73 Å². The van der Waals surface area contributed by atoms with Gasteiger partial charge in [-0.1, -0.05) is 30.3 Å². The van der Waals surface area contributed by atoms with Crippen LogP contribution in [0.25, 0.3) is 11.3 Å². The molecule has 0 atom stereocenters. The number of rotatable bonds is 3. The maximum Gasteiger partial charge on any atom is 0.299 e. The smallest absolute Gasteiger partial charge is 0.299 e. The Morgan fingerprint density at radius 3 is 2.35 bits per heavy atom. The van der Waals surface area contributed by atoms with Crippen LogP contribution in [0.15, 0.2) is 59.1 Å². The van der Waals surface area contributed by atoms with Crippen molar-refractivity contribution in [2.45, 2.75) is 0 Å². The Hall–Kier alpha value is -2.69. The van der Waals surface area contributed by atoms with Crippen molar-refractivity contribution in [3.63, 3.8) is 0 Å². The molecule has 0 radical (unpaired) electrons. The van der Waals surface area contributed by atoms with E-state index in [1.54, 1.807) is 6.20 Å². The first-order chi connectivity index (χ1) is 9.70. The topological polar surface area (TPSA) is 38.1 Å². The van der Waals surface area contributed by atoms with E-state index in [-0.39, 0.29) is 11.7 Å². The average molecular weight is 272 g/mol. The van der Waals surface area contributed by atoms with Gasteiger partial charge in [0, 0.05) is 17.3 Å². The summed E-state index contributed by atoms with van der Waals surface area (Å²) in [5.74, 6) is -0.755. The van der Waals surface area contributed by atoms with Crippen molar-refractivity contribution in [1.82, 2.24) is 4.98 Å². The van der Waals surface area contributed by atoms with Gasteiger partial charge in [-0.15, -0.1) is 0 Å². The second-order valence-electron chi connectivity index (χ2n) is 4.18. The van der Waals surface area contributed by atoms with Crippen LogP contribution in [0.3, 0.4) is 0 Å². The summed E-state index contributed by atoms with van der Waals surface area (Å²) in [6, 6.07) is 12.7. The number of nitrogens with one attached hydrogen (secondary N) is 1. The molecular formula is C15H10F2N2O. The Morgan fingerprint density at radius 1 is 0.950 bits per heavy atom. The van der Waals surface area contributed by atoms with Crippen LogP contribution in [-0.4, -0.2) is 4.98 Å². The lowest BCUT2D eigenvalue weighted by atomic mass is 10.2. The highest BCUT2D eigenvalue weighted by atomic mass is 19.1. The third kappa shape index (κ3) is 2.66. The van der Waals surface area contributed by atoms with Gasteiger partial charge in [0.2, 0.25) is 0 Å². The second kappa shape index (κ2) is 5.13. The fourth-order valence-electron chi connectivity index (χ4n) is 1.82. The van der Waals surface area contributed by atoms with Crippen molar-refractivity contribution < 1.29 is 13.2 Å². The molecule has 2 aromatic carbocycles. The average Bonchev–Trinajstić information content (AvgIpc) is 2.87. The van der Waals surface area contributed by atoms with Gasteiger partial charge in [-0.25, -0.2) is 13.8 Å². The van der Waals surface area contributed by atoms with Crippen molar-refractivity contribution in [3.05, 3.63) is 66.4 Å².